The number of rotatable bonds is 0. The predicted molar refractivity (Wildman–Crippen MR) is 98.4 cm³/mol. The van der Waals surface area contributed by atoms with Gasteiger partial charge < -0.3 is 19.4 Å². The molecule has 0 amide bonds. The topological polar surface area (TPSA) is 94.8 Å². The summed E-state index contributed by atoms with van der Waals surface area (Å²) >= 11 is 0. The van der Waals surface area contributed by atoms with E-state index in [1.807, 2.05) is 0 Å². The predicted octanol–water partition coefficient (Wildman–Crippen LogP) is 4.35. The van der Waals surface area contributed by atoms with E-state index < -0.39 is 0 Å². The van der Waals surface area contributed by atoms with E-state index in [1.165, 1.54) is 0 Å². The lowest BCUT2D eigenvalue weighted by atomic mass is 10.5. The van der Waals surface area contributed by atoms with Crippen LogP contribution in [-0.2, 0) is 0 Å². The van der Waals surface area contributed by atoms with E-state index in [2.05, 4.69) is 49.3 Å². The molecule has 0 fully saturated rings. The Kier molecular flexibility index (Phi) is 5.81. The monoisotopic (exact) mass is 358 g/mol. The van der Waals surface area contributed by atoms with Gasteiger partial charge in [-0.05, 0) is 6.92 Å². The van der Waals surface area contributed by atoms with Crippen molar-refractivity contribution in [3.05, 3.63) is 69.4 Å². The molecule has 0 aliphatic rings. The van der Waals surface area contributed by atoms with Gasteiger partial charge in [0.1, 0.15) is 1.37 Å². The molecule has 27 heavy (non-hydrogen) atoms. The van der Waals surface area contributed by atoms with Crippen molar-refractivity contribution in [1.29, 1.82) is 0 Å². The van der Waals surface area contributed by atoms with Crippen LogP contribution >= 0.6 is 0 Å². The summed E-state index contributed by atoms with van der Waals surface area (Å²) in [5.74, 6) is -0.326. The molecule has 0 atom stereocenters. The molecular formula is C17H12N10. The summed E-state index contributed by atoms with van der Waals surface area (Å²) in [4.78, 5) is 35.1. The van der Waals surface area contributed by atoms with Crippen LogP contribution in [0.15, 0.2) is 12.3 Å². The molecule has 3 aromatic rings. The van der Waals surface area contributed by atoms with Gasteiger partial charge in [-0.1, -0.05) is 33.7 Å². The minimum Gasteiger partial charge on any atom is -0.370 e. The first-order chi connectivity index (χ1) is 13.3. The van der Waals surface area contributed by atoms with Crippen LogP contribution < -0.4 is 0 Å². The van der Waals surface area contributed by atoms with Crippen LogP contribution in [-0.4, -0.2) is 29.9 Å². The van der Waals surface area contributed by atoms with Crippen molar-refractivity contribution in [3.8, 4) is 0 Å². The number of nitrogens with zero attached hydrogens (tertiary/aromatic N) is 10. The van der Waals surface area contributed by atoms with Gasteiger partial charge in [0, 0.05) is 6.92 Å². The summed E-state index contributed by atoms with van der Waals surface area (Å²) in [6, 6.07) is 0. The van der Waals surface area contributed by atoms with Crippen molar-refractivity contribution in [1.82, 2.24) is 29.9 Å². The average Bonchev–Trinajstić information content (AvgIpc) is 2.70. The van der Waals surface area contributed by atoms with E-state index in [4.69, 9.17) is 29.0 Å². The molecule has 0 aliphatic carbocycles. The molecule has 0 saturated heterocycles. The highest BCUT2D eigenvalue weighted by atomic mass is 15.1. The second-order valence-electron chi connectivity index (χ2n) is 4.45. The summed E-state index contributed by atoms with van der Waals surface area (Å²) in [6.45, 7) is 30.2. The standard InChI is InChI=1S/C9H4N6.C7H4N4.CH4/c1-5-4-12-8-9(13-5)15-7(11-3)6(10-2)14-8;1-5-4-10-6(8-2)7(9-3)11-5;/h4H,1H3;4H,1H3;1H4/i2*4D;. The normalized spacial score (nSPS) is 9.70. The van der Waals surface area contributed by atoms with Crippen molar-refractivity contribution in [2.75, 3.05) is 0 Å². The second kappa shape index (κ2) is 9.08. The SMILES string of the molecule is C.[2H]c1nc([N+]#[C-])c([N+]#[C-])nc1C.[2H]c1nc2nc([N+]#[C-])c([N+]#[C-])nc2nc1C. The Morgan fingerprint density at radius 2 is 1.11 bits per heavy atom. The molecule has 0 bridgehead atoms. The van der Waals surface area contributed by atoms with E-state index in [0.717, 1.165) is 0 Å². The second-order valence-corrected chi connectivity index (χ2v) is 4.45. The fourth-order valence-electron chi connectivity index (χ4n) is 1.59. The molecule has 0 spiro atoms. The average molecular weight is 358 g/mol. The third kappa shape index (κ3) is 4.73. The highest BCUT2D eigenvalue weighted by molar-refractivity contribution is 5.74. The molecule has 3 aromatic heterocycles. The highest BCUT2D eigenvalue weighted by Crippen LogP contribution is 2.24. The molecule has 0 radical (unpaired) electrons. The molecule has 3 rings (SSSR count). The maximum Gasteiger partial charge on any atom is 0.315 e. The summed E-state index contributed by atoms with van der Waals surface area (Å²) < 4.78 is 14.7. The Morgan fingerprint density at radius 3 is 1.67 bits per heavy atom. The maximum atomic E-state index is 7.45. The van der Waals surface area contributed by atoms with Crippen molar-refractivity contribution in [2.24, 2.45) is 0 Å². The number of aryl methyl sites for hydroxylation is 2. The molecule has 0 aromatic carbocycles. The van der Waals surface area contributed by atoms with E-state index in [1.54, 1.807) is 13.8 Å². The Morgan fingerprint density at radius 1 is 0.667 bits per heavy atom. The zero-order valence-electron chi connectivity index (χ0n) is 15.5. The van der Waals surface area contributed by atoms with E-state index in [9.17, 15) is 0 Å². The molecule has 130 valence electrons. The Bertz CT molecular complexity index is 1160. The number of hydrogen-bond donors (Lipinski definition) is 0. The Balaban J connectivity index is 0.000000292. The van der Waals surface area contributed by atoms with Crippen LogP contribution in [0, 0.1) is 40.1 Å². The maximum absolute atomic E-state index is 7.45. The van der Waals surface area contributed by atoms with Gasteiger partial charge in [-0.3, -0.25) is 0 Å². The zero-order chi connectivity index (χ0) is 20.8. The summed E-state index contributed by atoms with van der Waals surface area (Å²) in [5, 5.41) is 0. The summed E-state index contributed by atoms with van der Waals surface area (Å²) in [7, 11) is 0. The van der Waals surface area contributed by atoms with Crippen molar-refractivity contribution in [2.45, 2.75) is 21.3 Å². The lowest BCUT2D eigenvalue weighted by molar-refractivity contribution is 1.12. The lowest BCUT2D eigenvalue weighted by Crippen LogP contribution is -1.92. The third-order valence-electron chi connectivity index (χ3n) is 2.64. The van der Waals surface area contributed by atoms with Gasteiger partial charge >= 0.3 is 11.3 Å². The van der Waals surface area contributed by atoms with Gasteiger partial charge in [-0.25, -0.2) is 9.97 Å². The molecule has 0 aliphatic heterocycles. The quantitative estimate of drug-likeness (QED) is 0.554. The minimum atomic E-state index is -0.111. The lowest BCUT2D eigenvalue weighted by Gasteiger charge is -1.94. The first kappa shape index (κ1) is 17.3. The van der Waals surface area contributed by atoms with Gasteiger partial charge in [-0.15, -0.1) is 19.9 Å². The van der Waals surface area contributed by atoms with Gasteiger partial charge in [0.25, 0.3) is 23.3 Å². The smallest absolute Gasteiger partial charge is 0.315 e. The van der Waals surface area contributed by atoms with Crippen LogP contribution in [0.3, 0.4) is 0 Å². The zero-order valence-corrected chi connectivity index (χ0v) is 13.5. The van der Waals surface area contributed by atoms with Crippen molar-refractivity contribution >= 4 is 34.6 Å². The fourth-order valence-corrected chi connectivity index (χ4v) is 1.59. The first-order valence-electron chi connectivity index (χ1n) is 7.72. The van der Waals surface area contributed by atoms with E-state index in [-0.39, 0.29) is 54.3 Å². The number of aromatic nitrogens is 6. The number of fused-ring (bicyclic) bond motifs is 1. The first-order valence-corrected chi connectivity index (χ1v) is 6.72. The Hall–Kier alpha value is -4.54. The van der Waals surface area contributed by atoms with Crippen LogP contribution in [0.4, 0.5) is 23.3 Å². The molecule has 0 N–H and O–H groups in total. The van der Waals surface area contributed by atoms with E-state index in [0.29, 0.717) is 11.4 Å². The van der Waals surface area contributed by atoms with Crippen molar-refractivity contribution in [3.63, 3.8) is 0 Å². The largest absolute Gasteiger partial charge is 0.370 e. The minimum absolute atomic E-state index is 0. The molecule has 10 heteroatoms. The summed E-state index contributed by atoms with van der Waals surface area (Å²) in [5.41, 5.74) is 1.09. The molecular weight excluding hydrogens is 344 g/mol. The van der Waals surface area contributed by atoms with Crippen molar-refractivity contribution < 1.29 is 2.74 Å². The molecule has 3 heterocycles. The highest BCUT2D eigenvalue weighted by Gasteiger charge is 2.14. The third-order valence-corrected chi connectivity index (χ3v) is 2.64. The van der Waals surface area contributed by atoms with Crippen LogP contribution in [0.1, 0.15) is 21.6 Å². The number of hydrogen-bond acceptors (Lipinski definition) is 6. The molecule has 0 saturated carbocycles. The van der Waals surface area contributed by atoms with E-state index >= 15 is 0 Å². The van der Waals surface area contributed by atoms with Crippen LogP contribution in [0.2, 0.25) is 0 Å². The van der Waals surface area contributed by atoms with Gasteiger partial charge in [0.2, 0.25) is 0 Å². The van der Waals surface area contributed by atoms with Gasteiger partial charge in [-0.2, -0.15) is 0 Å². The molecule has 0 unspecified atom stereocenters. The van der Waals surface area contributed by atoms with Gasteiger partial charge in [0.05, 0.1) is 13.2 Å². The van der Waals surface area contributed by atoms with Crippen LogP contribution in [0.25, 0.3) is 30.7 Å². The summed E-state index contributed by atoms with van der Waals surface area (Å²) in [6.07, 6.45) is -0.0540. The van der Waals surface area contributed by atoms with Gasteiger partial charge in [0.15, 0.2) is 11.9 Å². The molecule has 10 nitrogen and oxygen atoms in total. The Labute approximate surface area is 158 Å². The van der Waals surface area contributed by atoms with Crippen LogP contribution in [0.5, 0.6) is 0 Å². The fraction of sp³-hybridized carbons (Fsp3) is 0.176.